The van der Waals surface area contributed by atoms with Crippen molar-refractivity contribution in [1.82, 2.24) is 14.9 Å². The van der Waals surface area contributed by atoms with Gasteiger partial charge in [0.1, 0.15) is 11.5 Å². The summed E-state index contributed by atoms with van der Waals surface area (Å²) in [5, 5.41) is 7.54. The first-order chi connectivity index (χ1) is 8.59. The van der Waals surface area contributed by atoms with E-state index in [1.165, 1.54) is 0 Å². The zero-order chi connectivity index (χ0) is 13.1. The Hall–Kier alpha value is -1.69. The maximum absolute atomic E-state index is 7.54. The van der Waals surface area contributed by atoms with Gasteiger partial charge in [-0.2, -0.15) is 0 Å². The third-order valence-electron chi connectivity index (χ3n) is 3.43. The van der Waals surface area contributed by atoms with Crippen LogP contribution in [-0.4, -0.2) is 53.9 Å². The smallest absolute Gasteiger partial charge is 0.158 e. The molecule has 1 aromatic rings. The van der Waals surface area contributed by atoms with E-state index in [0.29, 0.717) is 11.7 Å². The van der Waals surface area contributed by atoms with Crippen LogP contribution < -0.4 is 10.6 Å². The van der Waals surface area contributed by atoms with Gasteiger partial charge in [0, 0.05) is 31.5 Å². The lowest BCUT2D eigenvalue weighted by Crippen LogP contribution is -2.43. The summed E-state index contributed by atoms with van der Waals surface area (Å²) in [6.45, 7) is 1.86. The largest absolute Gasteiger partial charge is 0.382 e. The number of nitrogens with zero attached hydrogens (tertiary/aromatic N) is 4. The summed E-state index contributed by atoms with van der Waals surface area (Å²) >= 11 is 0. The molecule has 0 unspecified atom stereocenters. The van der Waals surface area contributed by atoms with Crippen molar-refractivity contribution >= 4 is 11.7 Å². The van der Waals surface area contributed by atoms with Crippen molar-refractivity contribution in [3.63, 3.8) is 0 Å². The molecule has 1 aliphatic heterocycles. The number of hydrogen-bond acceptors (Lipinski definition) is 5. The van der Waals surface area contributed by atoms with Gasteiger partial charge in [-0.15, -0.1) is 0 Å². The number of piperidine rings is 1. The minimum absolute atomic E-state index is 0.0205. The topological polar surface area (TPSA) is 82.1 Å². The van der Waals surface area contributed by atoms with Crippen LogP contribution in [0.1, 0.15) is 18.5 Å². The Morgan fingerprint density at radius 3 is 2.50 bits per heavy atom. The van der Waals surface area contributed by atoms with Gasteiger partial charge in [0.05, 0.1) is 0 Å². The van der Waals surface area contributed by atoms with Gasteiger partial charge in [-0.25, -0.2) is 9.97 Å². The van der Waals surface area contributed by atoms with Crippen molar-refractivity contribution in [3.05, 3.63) is 18.1 Å². The predicted octanol–water partition coefficient (Wildman–Crippen LogP) is 0.291. The molecular formula is C12H20N6. The number of nitrogens with two attached hydrogens (primary N) is 1. The molecule has 1 fully saturated rings. The van der Waals surface area contributed by atoms with Crippen LogP contribution in [0, 0.1) is 5.41 Å². The van der Waals surface area contributed by atoms with E-state index in [4.69, 9.17) is 11.1 Å². The summed E-state index contributed by atoms with van der Waals surface area (Å²) in [4.78, 5) is 12.9. The van der Waals surface area contributed by atoms with Gasteiger partial charge < -0.3 is 15.5 Å². The molecule has 0 amide bonds. The maximum atomic E-state index is 7.54. The molecule has 98 valence electrons. The summed E-state index contributed by atoms with van der Waals surface area (Å²) in [5.74, 6) is 0.718. The van der Waals surface area contributed by atoms with Gasteiger partial charge in [0.15, 0.2) is 5.82 Å². The highest BCUT2D eigenvalue weighted by Gasteiger charge is 2.23. The molecule has 0 saturated carbocycles. The van der Waals surface area contributed by atoms with Crippen LogP contribution in [0.5, 0.6) is 0 Å². The Morgan fingerprint density at radius 2 is 1.94 bits per heavy atom. The average molecular weight is 248 g/mol. The minimum atomic E-state index is -0.0205. The van der Waals surface area contributed by atoms with Crippen LogP contribution in [0.3, 0.4) is 0 Å². The predicted molar refractivity (Wildman–Crippen MR) is 72.0 cm³/mol. The van der Waals surface area contributed by atoms with Crippen LogP contribution in [0.15, 0.2) is 12.4 Å². The van der Waals surface area contributed by atoms with Crippen LogP contribution in [0.2, 0.25) is 0 Å². The number of rotatable bonds is 3. The number of nitrogen functional groups attached to an aromatic ring is 1. The molecule has 0 radical (unpaired) electrons. The van der Waals surface area contributed by atoms with Gasteiger partial charge in [-0.1, -0.05) is 0 Å². The van der Waals surface area contributed by atoms with E-state index >= 15 is 0 Å². The van der Waals surface area contributed by atoms with Crippen molar-refractivity contribution in [1.29, 1.82) is 5.41 Å². The fourth-order valence-corrected chi connectivity index (χ4v) is 2.35. The first-order valence-electron chi connectivity index (χ1n) is 6.16. The second kappa shape index (κ2) is 5.30. The van der Waals surface area contributed by atoms with E-state index in [0.717, 1.165) is 31.7 Å². The summed E-state index contributed by atoms with van der Waals surface area (Å²) in [7, 11) is 4.23. The Labute approximate surface area is 107 Å². The molecule has 0 aromatic carbocycles. The summed E-state index contributed by atoms with van der Waals surface area (Å²) in [5.41, 5.74) is 6.03. The Morgan fingerprint density at radius 1 is 1.33 bits per heavy atom. The molecule has 1 aliphatic rings. The van der Waals surface area contributed by atoms with E-state index in [9.17, 15) is 0 Å². The maximum Gasteiger partial charge on any atom is 0.158 e. The number of aromatic nitrogens is 2. The van der Waals surface area contributed by atoms with Crippen LogP contribution in [-0.2, 0) is 0 Å². The second-order valence-corrected chi connectivity index (χ2v) is 4.82. The first-order valence-corrected chi connectivity index (χ1v) is 6.16. The fourth-order valence-electron chi connectivity index (χ4n) is 2.35. The van der Waals surface area contributed by atoms with E-state index in [1.54, 1.807) is 12.4 Å². The summed E-state index contributed by atoms with van der Waals surface area (Å²) in [6.07, 6.45) is 5.43. The molecule has 18 heavy (non-hydrogen) atoms. The van der Waals surface area contributed by atoms with E-state index in [1.807, 2.05) is 0 Å². The molecule has 2 heterocycles. The van der Waals surface area contributed by atoms with Crippen LogP contribution >= 0.6 is 0 Å². The van der Waals surface area contributed by atoms with Crippen molar-refractivity contribution < 1.29 is 0 Å². The third-order valence-corrected chi connectivity index (χ3v) is 3.43. The Kier molecular flexibility index (Phi) is 3.76. The molecule has 0 atom stereocenters. The van der Waals surface area contributed by atoms with Crippen molar-refractivity contribution in [2.45, 2.75) is 18.9 Å². The standard InChI is InChI=1S/C12H20N6/c1-17(2)9-3-7-18(8-4-9)12-10(11(13)14)15-5-6-16-12/h5-6,9H,3-4,7-8H2,1-2H3,(H3,13,14). The molecule has 2 rings (SSSR count). The average Bonchev–Trinajstić information content (AvgIpc) is 2.39. The van der Waals surface area contributed by atoms with Crippen molar-refractivity contribution in [2.75, 3.05) is 32.1 Å². The first kappa shape index (κ1) is 12.8. The lowest BCUT2D eigenvalue weighted by atomic mass is 10.0. The molecule has 1 aromatic heterocycles. The van der Waals surface area contributed by atoms with Gasteiger partial charge >= 0.3 is 0 Å². The van der Waals surface area contributed by atoms with Crippen molar-refractivity contribution in [2.24, 2.45) is 5.73 Å². The zero-order valence-corrected chi connectivity index (χ0v) is 10.9. The van der Waals surface area contributed by atoms with Gasteiger partial charge in [0.2, 0.25) is 0 Å². The highest BCUT2D eigenvalue weighted by molar-refractivity contribution is 5.97. The number of hydrogen-bond donors (Lipinski definition) is 2. The normalized spacial score (nSPS) is 17.2. The SMILES string of the molecule is CN(C)C1CCN(c2nccnc2C(=N)N)CC1. The van der Waals surface area contributed by atoms with E-state index in [2.05, 4.69) is 33.9 Å². The fraction of sp³-hybridized carbons (Fsp3) is 0.583. The highest BCUT2D eigenvalue weighted by atomic mass is 15.2. The lowest BCUT2D eigenvalue weighted by molar-refractivity contribution is 0.249. The lowest BCUT2D eigenvalue weighted by Gasteiger charge is -2.36. The monoisotopic (exact) mass is 248 g/mol. The molecule has 3 N–H and O–H groups in total. The molecular weight excluding hydrogens is 228 g/mol. The molecule has 1 saturated heterocycles. The summed E-state index contributed by atoms with van der Waals surface area (Å²) < 4.78 is 0. The van der Waals surface area contributed by atoms with E-state index < -0.39 is 0 Å². The molecule has 0 spiro atoms. The zero-order valence-electron chi connectivity index (χ0n) is 10.9. The van der Waals surface area contributed by atoms with Gasteiger partial charge in [0.25, 0.3) is 0 Å². The quantitative estimate of drug-likeness (QED) is 0.593. The van der Waals surface area contributed by atoms with Crippen LogP contribution in [0.4, 0.5) is 5.82 Å². The molecule has 6 heteroatoms. The van der Waals surface area contributed by atoms with Gasteiger partial charge in [-0.05, 0) is 26.9 Å². The summed E-state index contributed by atoms with van der Waals surface area (Å²) in [6, 6.07) is 0.624. The molecule has 0 bridgehead atoms. The molecule has 6 nitrogen and oxygen atoms in total. The Bertz CT molecular complexity index is 422. The van der Waals surface area contributed by atoms with Crippen molar-refractivity contribution in [3.8, 4) is 0 Å². The molecule has 0 aliphatic carbocycles. The number of amidine groups is 1. The number of anilines is 1. The van der Waals surface area contributed by atoms with Gasteiger partial charge in [-0.3, -0.25) is 5.41 Å². The van der Waals surface area contributed by atoms with Crippen LogP contribution in [0.25, 0.3) is 0 Å². The van der Waals surface area contributed by atoms with E-state index in [-0.39, 0.29) is 5.84 Å². The Balaban J connectivity index is 2.12. The number of nitrogens with one attached hydrogen (secondary N) is 1. The minimum Gasteiger partial charge on any atom is -0.382 e. The highest BCUT2D eigenvalue weighted by Crippen LogP contribution is 2.21. The second-order valence-electron chi connectivity index (χ2n) is 4.82. The third kappa shape index (κ3) is 2.59.